The van der Waals surface area contributed by atoms with E-state index in [2.05, 4.69) is 0 Å². The zero-order chi connectivity index (χ0) is 14.0. The number of para-hydroxylation sites is 1. The van der Waals surface area contributed by atoms with Crippen molar-refractivity contribution in [1.29, 1.82) is 0 Å². The van der Waals surface area contributed by atoms with Gasteiger partial charge in [-0.25, -0.2) is 0 Å². The normalized spacial score (nSPS) is 14.3. The molecule has 0 radical (unpaired) electrons. The van der Waals surface area contributed by atoms with Gasteiger partial charge in [-0.05, 0) is 30.1 Å². The summed E-state index contributed by atoms with van der Waals surface area (Å²) in [6.07, 6.45) is 1.91. The first kappa shape index (κ1) is 13.2. The van der Waals surface area contributed by atoms with Gasteiger partial charge in [0.2, 0.25) is 5.79 Å². The lowest BCUT2D eigenvalue weighted by Gasteiger charge is -2.28. The minimum atomic E-state index is -1.43. The topological polar surface area (TPSA) is 68.6 Å². The Hall–Kier alpha value is -1.82. The molecule has 0 aliphatic heterocycles. The highest BCUT2D eigenvalue weighted by Crippen LogP contribution is 2.34. The van der Waals surface area contributed by atoms with Gasteiger partial charge in [0.1, 0.15) is 0 Å². The zero-order valence-electron chi connectivity index (χ0n) is 10.8. The molecule has 1 unspecified atom stereocenters. The van der Waals surface area contributed by atoms with Crippen LogP contribution in [0.25, 0.3) is 11.0 Å². The molecule has 3 N–H and O–H groups in total. The molecule has 1 atom stereocenters. The van der Waals surface area contributed by atoms with Crippen molar-refractivity contribution in [2.75, 3.05) is 6.54 Å². The van der Waals surface area contributed by atoms with Gasteiger partial charge in [-0.2, -0.15) is 11.3 Å². The third-order valence-corrected chi connectivity index (χ3v) is 3.86. The average molecular weight is 289 g/mol. The summed E-state index contributed by atoms with van der Waals surface area (Å²) in [5.41, 5.74) is 6.94. The summed E-state index contributed by atoms with van der Waals surface area (Å²) >= 11 is 1.50. The molecule has 0 bridgehead atoms. The van der Waals surface area contributed by atoms with Crippen LogP contribution >= 0.6 is 11.3 Å². The Kier molecular flexibility index (Phi) is 3.48. The Balaban J connectivity index is 2.00. The second-order valence-corrected chi connectivity index (χ2v) is 5.31. The van der Waals surface area contributed by atoms with E-state index < -0.39 is 5.79 Å². The highest BCUT2D eigenvalue weighted by Gasteiger charge is 2.32. The Morgan fingerprint density at radius 3 is 2.95 bits per heavy atom. The third-order valence-electron chi connectivity index (χ3n) is 3.18. The van der Waals surface area contributed by atoms with E-state index in [9.17, 15) is 5.11 Å². The Morgan fingerprint density at radius 2 is 2.20 bits per heavy atom. The number of hydrogen-bond donors (Lipinski definition) is 2. The first-order valence-corrected chi connectivity index (χ1v) is 7.27. The second-order valence-electron chi connectivity index (χ2n) is 4.53. The van der Waals surface area contributed by atoms with E-state index in [1.807, 2.05) is 35.0 Å². The number of rotatable bonds is 5. The molecular formula is C15H15NO3S. The molecule has 2 heterocycles. The standard InChI is InChI=1S/C15H15NO3S/c16-7-6-15(17,12-5-9-20-10-12)19-13-3-1-2-11-4-8-18-14(11)13/h1-5,8-10,17H,6-7,16H2. The quantitative estimate of drug-likeness (QED) is 0.708. The molecule has 3 aromatic rings. The molecule has 104 valence electrons. The smallest absolute Gasteiger partial charge is 0.237 e. The van der Waals surface area contributed by atoms with Crippen LogP contribution in [0.5, 0.6) is 5.75 Å². The maximum Gasteiger partial charge on any atom is 0.237 e. The molecule has 2 aromatic heterocycles. The van der Waals surface area contributed by atoms with E-state index in [1.165, 1.54) is 11.3 Å². The van der Waals surface area contributed by atoms with Gasteiger partial charge in [-0.1, -0.05) is 12.1 Å². The van der Waals surface area contributed by atoms with E-state index in [0.717, 1.165) is 5.39 Å². The highest BCUT2D eigenvalue weighted by molar-refractivity contribution is 7.08. The first-order valence-electron chi connectivity index (χ1n) is 6.33. The van der Waals surface area contributed by atoms with Gasteiger partial charge in [-0.15, -0.1) is 0 Å². The van der Waals surface area contributed by atoms with Gasteiger partial charge < -0.3 is 20.0 Å². The monoisotopic (exact) mass is 289 g/mol. The first-order chi connectivity index (χ1) is 9.73. The molecular weight excluding hydrogens is 274 g/mol. The van der Waals surface area contributed by atoms with Gasteiger partial charge in [0.15, 0.2) is 11.3 Å². The van der Waals surface area contributed by atoms with Crippen LogP contribution in [-0.4, -0.2) is 11.7 Å². The molecule has 0 spiro atoms. The summed E-state index contributed by atoms with van der Waals surface area (Å²) in [5.74, 6) is -0.926. The summed E-state index contributed by atoms with van der Waals surface area (Å²) in [4.78, 5) is 0. The summed E-state index contributed by atoms with van der Waals surface area (Å²) in [7, 11) is 0. The van der Waals surface area contributed by atoms with Crippen molar-refractivity contribution in [3.05, 3.63) is 52.9 Å². The summed E-state index contributed by atoms with van der Waals surface area (Å²) in [6.45, 7) is 0.320. The Bertz CT molecular complexity index is 692. The fraction of sp³-hybridized carbons (Fsp3) is 0.200. The maximum absolute atomic E-state index is 10.8. The van der Waals surface area contributed by atoms with Crippen LogP contribution in [0.3, 0.4) is 0 Å². The van der Waals surface area contributed by atoms with E-state index in [-0.39, 0.29) is 0 Å². The van der Waals surface area contributed by atoms with Crippen molar-refractivity contribution in [1.82, 2.24) is 0 Å². The minimum Gasteiger partial charge on any atom is -0.460 e. The number of fused-ring (bicyclic) bond motifs is 1. The van der Waals surface area contributed by atoms with Crippen LogP contribution in [0, 0.1) is 0 Å². The molecule has 5 heteroatoms. The fourth-order valence-corrected chi connectivity index (χ4v) is 2.88. The van der Waals surface area contributed by atoms with Crippen LogP contribution < -0.4 is 10.5 Å². The van der Waals surface area contributed by atoms with Crippen LogP contribution in [0.4, 0.5) is 0 Å². The predicted octanol–water partition coefficient (Wildman–Crippen LogP) is 3.07. The third kappa shape index (κ3) is 2.31. The van der Waals surface area contributed by atoms with Crippen LogP contribution in [0.1, 0.15) is 12.0 Å². The predicted molar refractivity (Wildman–Crippen MR) is 78.7 cm³/mol. The Labute approximate surface area is 120 Å². The molecule has 0 fully saturated rings. The Morgan fingerprint density at radius 1 is 1.30 bits per heavy atom. The molecule has 1 aromatic carbocycles. The van der Waals surface area contributed by atoms with E-state index in [1.54, 1.807) is 12.3 Å². The van der Waals surface area contributed by atoms with Gasteiger partial charge in [-0.3, -0.25) is 0 Å². The van der Waals surface area contributed by atoms with E-state index >= 15 is 0 Å². The number of nitrogens with two attached hydrogens (primary N) is 1. The van der Waals surface area contributed by atoms with Gasteiger partial charge >= 0.3 is 0 Å². The molecule has 0 saturated heterocycles. The largest absolute Gasteiger partial charge is 0.460 e. The molecule has 4 nitrogen and oxygen atoms in total. The van der Waals surface area contributed by atoms with Crippen molar-refractivity contribution < 1.29 is 14.3 Å². The SMILES string of the molecule is NCCC(O)(Oc1cccc2ccoc12)c1ccsc1. The van der Waals surface area contributed by atoms with Crippen LogP contribution in [0.2, 0.25) is 0 Å². The molecule has 0 aliphatic rings. The number of thiophene rings is 1. The van der Waals surface area contributed by atoms with Crippen molar-refractivity contribution in [2.24, 2.45) is 5.73 Å². The van der Waals surface area contributed by atoms with E-state index in [4.69, 9.17) is 14.9 Å². The number of benzene rings is 1. The highest BCUT2D eigenvalue weighted by atomic mass is 32.1. The zero-order valence-corrected chi connectivity index (χ0v) is 11.6. The summed E-state index contributed by atoms with van der Waals surface area (Å²) in [5, 5.41) is 15.5. The number of ether oxygens (including phenoxy) is 1. The van der Waals surface area contributed by atoms with Crippen molar-refractivity contribution in [3.63, 3.8) is 0 Å². The van der Waals surface area contributed by atoms with Gasteiger partial charge in [0.05, 0.1) is 6.26 Å². The number of hydrogen-bond acceptors (Lipinski definition) is 5. The molecule has 3 rings (SSSR count). The lowest BCUT2D eigenvalue weighted by Crippen LogP contribution is -2.35. The van der Waals surface area contributed by atoms with Crippen molar-refractivity contribution in [3.8, 4) is 5.75 Å². The van der Waals surface area contributed by atoms with Gasteiger partial charge in [0, 0.05) is 22.8 Å². The van der Waals surface area contributed by atoms with Crippen LogP contribution in [0.15, 0.2) is 51.8 Å². The molecule has 20 heavy (non-hydrogen) atoms. The fourth-order valence-electron chi connectivity index (χ4n) is 2.16. The summed E-state index contributed by atoms with van der Waals surface area (Å²) < 4.78 is 11.3. The van der Waals surface area contributed by atoms with E-state index in [0.29, 0.717) is 29.9 Å². The van der Waals surface area contributed by atoms with Gasteiger partial charge in [0.25, 0.3) is 0 Å². The van der Waals surface area contributed by atoms with Crippen LogP contribution in [-0.2, 0) is 5.79 Å². The molecule has 0 amide bonds. The minimum absolute atomic E-state index is 0.306. The average Bonchev–Trinajstić information content (AvgIpc) is 3.11. The number of furan rings is 1. The number of aliphatic hydroxyl groups is 1. The maximum atomic E-state index is 10.8. The van der Waals surface area contributed by atoms with Crippen molar-refractivity contribution >= 4 is 22.3 Å². The molecule has 0 saturated carbocycles. The summed E-state index contributed by atoms with van der Waals surface area (Å²) in [6, 6.07) is 9.26. The molecule has 0 aliphatic carbocycles. The second kappa shape index (κ2) is 5.28. The van der Waals surface area contributed by atoms with Crippen molar-refractivity contribution in [2.45, 2.75) is 12.2 Å². The lowest BCUT2D eigenvalue weighted by molar-refractivity contribution is -0.148. The lowest BCUT2D eigenvalue weighted by atomic mass is 10.1.